The van der Waals surface area contributed by atoms with Crippen LogP contribution in [0.15, 0.2) is 0 Å². The molecule has 6 atom stereocenters. The fraction of sp³-hybridized carbons (Fsp3) is 0.708. The maximum Gasteiger partial charge on any atom is 0.303 e. The van der Waals surface area contributed by atoms with Gasteiger partial charge < -0.3 is 48.3 Å². The van der Waals surface area contributed by atoms with Gasteiger partial charge in [0.25, 0.3) is 0 Å². The zero-order valence-corrected chi connectivity index (χ0v) is 23.6. The number of aliphatic hydroxyl groups is 1. The van der Waals surface area contributed by atoms with Crippen LogP contribution in [-0.2, 0) is 33.6 Å². The molecule has 0 fully saturated rings. The van der Waals surface area contributed by atoms with Crippen molar-refractivity contribution in [2.24, 2.45) is 23.3 Å². The van der Waals surface area contributed by atoms with Crippen molar-refractivity contribution in [2.45, 2.75) is 90.7 Å². The van der Waals surface area contributed by atoms with Crippen molar-refractivity contribution in [3.05, 3.63) is 0 Å². The van der Waals surface area contributed by atoms with Crippen LogP contribution in [0.4, 0.5) is 0 Å². The summed E-state index contributed by atoms with van der Waals surface area (Å²) in [7, 11) is 0. The van der Waals surface area contributed by atoms with Crippen LogP contribution in [0.25, 0.3) is 0 Å². The van der Waals surface area contributed by atoms with Gasteiger partial charge in [-0.25, -0.2) is 0 Å². The van der Waals surface area contributed by atoms with Gasteiger partial charge in [-0.1, -0.05) is 27.7 Å². The van der Waals surface area contributed by atoms with E-state index in [4.69, 9.17) is 16.6 Å². The fourth-order valence-corrected chi connectivity index (χ4v) is 3.35. The van der Waals surface area contributed by atoms with Crippen LogP contribution in [0.2, 0.25) is 0 Å². The van der Waals surface area contributed by atoms with Gasteiger partial charge in [0.15, 0.2) is 0 Å². The second-order valence-corrected chi connectivity index (χ2v) is 10.1. The quantitative estimate of drug-likeness (QED) is 0.0825. The summed E-state index contributed by atoms with van der Waals surface area (Å²) in [4.78, 5) is 85.3. The molecule has 0 spiro atoms. The summed E-state index contributed by atoms with van der Waals surface area (Å²) in [6.07, 6.45) is -2.26. The van der Waals surface area contributed by atoms with Gasteiger partial charge in [0.2, 0.25) is 35.4 Å². The molecule has 16 heteroatoms. The minimum Gasteiger partial charge on any atom is -0.481 e. The van der Waals surface area contributed by atoms with Crippen LogP contribution in [0.3, 0.4) is 0 Å². The number of carbonyl (C=O) groups is 7. The molecule has 16 nitrogen and oxygen atoms in total. The first kappa shape index (κ1) is 36.2. The predicted molar refractivity (Wildman–Crippen MR) is 142 cm³/mol. The van der Waals surface area contributed by atoms with Gasteiger partial charge in [0, 0.05) is 6.42 Å². The van der Waals surface area contributed by atoms with Gasteiger partial charge in [0.1, 0.15) is 24.2 Å². The minimum absolute atomic E-state index is 0.289. The number of aliphatic hydroxyl groups excluding tert-OH is 1. The normalized spacial score (nSPS) is 15.6. The van der Waals surface area contributed by atoms with E-state index in [0.29, 0.717) is 0 Å². The second kappa shape index (κ2) is 17.0. The Bertz CT molecular complexity index is 938. The molecular weight excluding hydrogens is 530 g/mol. The van der Waals surface area contributed by atoms with E-state index in [-0.39, 0.29) is 12.3 Å². The lowest BCUT2D eigenvalue weighted by atomic mass is 10.0. The number of primary amides is 1. The highest BCUT2D eigenvalue weighted by Gasteiger charge is 2.34. The van der Waals surface area contributed by atoms with Crippen molar-refractivity contribution in [3.8, 4) is 0 Å². The number of hydrogen-bond donors (Lipinski definition) is 9. The molecule has 0 aromatic carbocycles. The van der Waals surface area contributed by atoms with E-state index in [1.807, 2.05) is 0 Å². The van der Waals surface area contributed by atoms with Gasteiger partial charge in [-0.15, -0.1) is 0 Å². The molecule has 6 amide bonds. The number of rotatable bonds is 17. The standard InChI is InChI=1S/C24H43N7O9/c1-10(2)17(20(26)36)29-15(33)9-27-23(39)18(11(3)4)30-24(40)19(13(6)32)31-22(38)14(7-8-16(34)35)28-21(37)12(5)25/h10-14,17-19,32H,7-9,25H2,1-6H3,(H2,26,36)(H,27,39)(H,28,37)(H,29,33)(H,30,40)(H,31,38)(H,34,35)/t12-,13-,14+,17+,18+,19+/m1/s1. The predicted octanol–water partition coefficient (Wildman–Crippen LogP) is -3.57. The van der Waals surface area contributed by atoms with Crippen molar-refractivity contribution in [2.75, 3.05) is 6.54 Å². The molecule has 11 N–H and O–H groups in total. The zero-order valence-electron chi connectivity index (χ0n) is 23.6. The third-order valence-corrected chi connectivity index (χ3v) is 5.72. The molecule has 0 rings (SSSR count). The molecule has 0 aromatic rings. The Morgan fingerprint density at radius 1 is 0.700 bits per heavy atom. The number of nitrogens with one attached hydrogen (secondary N) is 5. The van der Waals surface area contributed by atoms with Crippen molar-refractivity contribution >= 4 is 41.4 Å². The highest BCUT2D eigenvalue weighted by Crippen LogP contribution is 2.06. The topological polar surface area (TPSA) is 272 Å². The van der Waals surface area contributed by atoms with E-state index in [2.05, 4.69) is 26.6 Å². The lowest BCUT2D eigenvalue weighted by Gasteiger charge is -2.28. The van der Waals surface area contributed by atoms with Gasteiger partial charge >= 0.3 is 5.97 Å². The first-order valence-corrected chi connectivity index (χ1v) is 12.8. The van der Waals surface area contributed by atoms with Crippen LogP contribution >= 0.6 is 0 Å². The lowest BCUT2D eigenvalue weighted by molar-refractivity contribution is -0.139. The molecule has 0 saturated carbocycles. The third kappa shape index (κ3) is 12.8. The van der Waals surface area contributed by atoms with Crippen LogP contribution in [-0.4, -0.2) is 94.5 Å². The second-order valence-electron chi connectivity index (χ2n) is 10.1. The number of hydrogen-bond acceptors (Lipinski definition) is 9. The van der Waals surface area contributed by atoms with Crippen LogP contribution in [0.5, 0.6) is 0 Å². The number of carbonyl (C=O) groups excluding carboxylic acids is 6. The van der Waals surface area contributed by atoms with Crippen LogP contribution in [0.1, 0.15) is 54.4 Å². The van der Waals surface area contributed by atoms with Crippen molar-refractivity contribution in [1.29, 1.82) is 0 Å². The molecule has 0 aliphatic carbocycles. The Morgan fingerprint density at radius 2 is 1.23 bits per heavy atom. The average Bonchev–Trinajstić information content (AvgIpc) is 2.83. The number of nitrogens with two attached hydrogens (primary N) is 2. The van der Waals surface area contributed by atoms with E-state index < -0.39 is 96.6 Å². The highest BCUT2D eigenvalue weighted by molar-refractivity contribution is 5.96. The Morgan fingerprint density at radius 3 is 1.65 bits per heavy atom. The Hall–Kier alpha value is -3.79. The minimum atomic E-state index is -1.59. The molecule has 0 unspecified atom stereocenters. The third-order valence-electron chi connectivity index (χ3n) is 5.72. The summed E-state index contributed by atoms with van der Waals surface area (Å²) in [5.74, 6) is -6.84. The van der Waals surface area contributed by atoms with E-state index in [1.165, 1.54) is 13.8 Å². The largest absolute Gasteiger partial charge is 0.481 e. The SMILES string of the molecule is CC(C)[C@H](NC(=O)CNC(=O)[C@@H](NC(=O)[C@@H](NC(=O)[C@H](CCC(=O)O)NC(=O)[C@@H](C)N)[C@@H](C)O)C(C)C)C(N)=O. The summed E-state index contributed by atoms with van der Waals surface area (Å²) in [6.45, 7) is 8.61. The maximum absolute atomic E-state index is 13.0. The van der Waals surface area contributed by atoms with E-state index >= 15 is 0 Å². The number of aliphatic carboxylic acids is 1. The Balaban J connectivity index is 5.50. The van der Waals surface area contributed by atoms with Crippen molar-refractivity contribution in [3.63, 3.8) is 0 Å². The van der Waals surface area contributed by atoms with Crippen LogP contribution in [0, 0.1) is 11.8 Å². The van der Waals surface area contributed by atoms with Gasteiger partial charge in [-0.3, -0.25) is 33.6 Å². The number of carboxylic acid groups (broad SMARTS) is 1. The fourth-order valence-electron chi connectivity index (χ4n) is 3.35. The van der Waals surface area contributed by atoms with Crippen LogP contribution < -0.4 is 38.1 Å². The number of carboxylic acids is 1. The average molecular weight is 574 g/mol. The summed E-state index contributed by atoms with van der Waals surface area (Å²) >= 11 is 0. The summed E-state index contributed by atoms with van der Waals surface area (Å²) in [6, 6.07) is -6.11. The van der Waals surface area contributed by atoms with Gasteiger partial charge in [0.05, 0.1) is 18.7 Å². The first-order chi connectivity index (χ1) is 18.4. The van der Waals surface area contributed by atoms with E-state index in [0.717, 1.165) is 0 Å². The Labute approximate surface area is 232 Å². The number of amides is 6. The highest BCUT2D eigenvalue weighted by atomic mass is 16.4. The maximum atomic E-state index is 13.0. The molecule has 0 aliphatic heterocycles. The summed E-state index contributed by atoms with van der Waals surface area (Å²) < 4.78 is 0. The van der Waals surface area contributed by atoms with E-state index in [1.54, 1.807) is 27.7 Å². The Kier molecular flexibility index (Phi) is 15.4. The van der Waals surface area contributed by atoms with Gasteiger partial charge in [-0.2, -0.15) is 0 Å². The molecule has 228 valence electrons. The molecule has 0 aromatic heterocycles. The van der Waals surface area contributed by atoms with Crippen molar-refractivity contribution < 1.29 is 43.8 Å². The zero-order chi connectivity index (χ0) is 31.3. The lowest BCUT2D eigenvalue weighted by Crippen LogP contribution is -2.61. The first-order valence-electron chi connectivity index (χ1n) is 12.8. The van der Waals surface area contributed by atoms with E-state index in [9.17, 15) is 38.7 Å². The molecule has 0 radical (unpaired) electrons. The molecule has 0 bridgehead atoms. The molecule has 0 saturated heterocycles. The molecule has 40 heavy (non-hydrogen) atoms. The molecular formula is C24H43N7O9. The smallest absolute Gasteiger partial charge is 0.303 e. The van der Waals surface area contributed by atoms with Gasteiger partial charge in [-0.05, 0) is 32.1 Å². The summed E-state index contributed by atoms with van der Waals surface area (Å²) in [5, 5.41) is 30.9. The molecule has 0 heterocycles. The van der Waals surface area contributed by atoms with Crippen molar-refractivity contribution in [1.82, 2.24) is 26.6 Å². The monoisotopic (exact) mass is 573 g/mol. The molecule has 0 aliphatic rings. The summed E-state index contributed by atoms with van der Waals surface area (Å²) in [5.41, 5.74) is 10.8.